The zero-order valence-electron chi connectivity index (χ0n) is 48.3. The van der Waals surface area contributed by atoms with Crippen molar-refractivity contribution in [3.8, 4) is 21.6 Å². The Bertz CT molecular complexity index is 3660. The summed E-state index contributed by atoms with van der Waals surface area (Å²) in [6, 6.07) is 22.3. The average Bonchev–Trinajstić information content (AvgIpc) is 4.33. The van der Waals surface area contributed by atoms with Crippen LogP contribution in [0.4, 0.5) is 10.9 Å². The van der Waals surface area contributed by atoms with Crippen molar-refractivity contribution in [2.45, 2.75) is 143 Å². The second kappa shape index (κ2) is 25.4. The number of aromatic nitrogens is 5. The molecule has 0 spiro atoms. The number of pyridine rings is 1. The standard InChI is InChI=1S/C62H73N11O8S3/c1-37(41-22-24-43(25-23-41)55-38(2)63-36-82-55)65-58(77)50-31-44(74)34-72(50)60(79)56(62(4,5)6)68-53(75)21-12-13-30-84(80,81)70-59(78)54-45(47-32-64-73(39(47)3)33-40-15-8-7-9-16-40)26-27-52(67-54)71-29-28-42-17-14-18-46(48(42)35-71)57(76)69-61-66-49-19-10-11-20-51(49)83-61/h10-11,14,17-20,22-27,32,36-37,40,44,50,56,74H,7-9,12-13,15-16,21,28-31,33-35H2,1-6H3,(H,65,77)(H,68,75)(H,70,78)(H,66,69,76)/t37-,44+,50-,56+/m0/s1. The fraction of sp³-hybridized carbons (Fsp3) is 0.435. The van der Waals surface area contributed by atoms with Gasteiger partial charge < -0.3 is 25.5 Å². The predicted octanol–water partition coefficient (Wildman–Crippen LogP) is 9.29. The molecule has 4 atom stereocenters. The van der Waals surface area contributed by atoms with Crippen molar-refractivity contribution in [3.63, 3.8) is 0 Å². The molecule has 1 aliphatic carbocycles. The van der Waals surface area contributed by atoms with Crippen molar-refractivity contribution in [1.29, 1.82) is 0 Å². The number of aliphatic hydroxyl groups excluding tert-OH is 1. The van der Waals surface area contributed by atoms with E-state index in [1.165, 1.54) is 35.5 Å². The number of nitrogens with one attached hydrogen (secondary N) is 4. The molecule has 7 aromatic rings. The van der Waals surface area contributed by atoms with Gasteiger partial charge in [-0.05, 0) is 117 Å². The fourth-order valence-corrected chi connectivity index (χ4v) is 14.4. The molecule has 6 heterocycles. The summed E-state index contributed by atoms with van der Waals surface area (Å²) in [4.78, 5) is 88.5. The van der Waals surface area contributed by atoms with E-state index in [0.29, 0.717) is 53.1 Å². The number of hydrogen-bond donors (Lipinski definition) is 5. The maximum Gasteiger partial charge on any atom is 0.284 e. The largest absolute Gasteiger partial charge is 0.391 e. The third-order valence-electron chi connectivity index (χ3n) is 16.4. The normalized spacial score (nSPS) is 17.4. The Morgan fingerprint density at radius 1 is 0.869 bits per heavy atom. The first-order chi connectivity index (χ1) is 40.2. The lowest BCUT2D eigenvalue weighted by molar-refractivity contribution is -0.144. The molecule has 1 saturated carbocycles. The van der Waals surface area contributed by atoms with Crippen LogP contribution in [0.5, 0.6) is 0 Å². The van der Waals surface area contributed by atoms with E-state index >= 15 is 0 Å². The molecule has 442 valence electrons. The molecule has 5 amide bonds. The van der Waals surface area contributed by atoms with E-state index in [2.05, 4.69) is 30.6 Å². The summed E-state index contributed by atoms with van der Waals surface area (Å²) in [6.07, 6.45) is 7.14. The maximum absolute atomic E-state index is 14.5. The molecule has 2 aliphatic heterocycles. The van der Waals surface area contributed by atoms with E-state index in [4.69, 9.17) is 10.1 Å². The number of fused-ring (bicyclic) bond motifs is 2. The molecular formula is C62H73N11O8S3. The smallest absolute Gasteiger partial charge is 0.284 e. The van der Waals surface area contributed by atoms with Crippen LogP contribution in [0.1, 0.15) is 140 Å². The number of carbonyl (C=O) groups is 5. The van der Waals surface area contributed by atoms with Gasteiger partial charge in [0.05, 0.1) is 50.4 Å². The summed E-state index contributed by atoms with van der Waals surface area (Å²) in [5, 5.41) is 24.9. The zero-order valence-corrected chi connectivity index (χ0v) is 50.8. The van der Waals surface area contributed by atoms with E-state index in [1.54, 1.807) is 55.9 Å². The first-order valence-corrected chi connectivity index (χ1v) is 32.2. The van der Waals surface area contributed by atoms with E-state index in [0.717, 1.165) is 68.1 Å². The Kier molecular flexibility index (Phi) is 18.1. The van der Waals surface area contributed by atoms with Gasteiger partial charge in [-0.15, -0.1) is 11.3 Å². The van der Waals surface area contributed by atoms with Crippen molar-refractivity contribution in [2.24, 2.45) is 11.3 Å². The summed E-state index contributed by atoms with van der Waals surface area (Å²) in [5.41, 5.74) is 8.69. The molecule has 0 unspecified atom stereocenters. The van der Waals surface area contributed by atoms with Gasteiger partial charge in [-0.2, -0.15) is 5.10 Å². The number of nitrogens with zero attached hydrogens (tertiary/aromatic N) is 7. The number of rotatable bonds is 19. The molecule has 2 fully saturated rings. The number of benzene rings is 3. The number of para-hydroxylation sites is 1. The number of aliphatic hydroxyl groups is 1. The molecule has 10 rings (SSSR count). The van der Waals surface area contributed by atoms with Crippen LogP contribution in [0.2, 0.25) is 0 Å². The number of anilines is 2. The lowest BCUT2D eigenvalue weighted by atomic mass is 9.85. The van der Waals surface area contributed by atoms with Crippen LogP contribution in [0.15, 0.2) is 90.6 Å². The first kappa shape index (κ1) is 59.7. The highest BCUT2D eigenvalue weighted by atomic mass is 32.2. The number of unbranched alkanes of at least 4 members (excludes halogenated alkanes) is 1. The van der Waals surface area contributed by atoms with Crippen LogP contribution in [-0.2, 0) is 43.9 Å². The van der Waals surface area contributed by atoms with Gasteiger partial charge in [-0.1, -0.05) is 99.9 Å². The third-order valence-corrected chi connectivity index (χ3v) is 19.6. The fourth-order valence-electron chi connectivity index (χ4n) is 11.7. The molecule has 19 nitrogen and oxygen atoms in total. The highest BCUT2D eigenvalue weighted by Crippen LogP contribution is 2.35. The van der Waals surface area contributed by atoms with Crippen molar-refractivity contribution in [1.82, 2.24) is 45.0 Å². The van der Waals surface area contributed by atoms with E-state index in [1.807, 2.05) is 97.1 Å². The predicted molar refractivity (Wildman–Crippen MR) is 327 cm³/mol. The van der Waals surface area contributed by atoms with Crippen molar-refractivity contribution in [3.05, 3.63) is 130 Å². The number of aryl methyl sites for hydroxylation is 1. The molecule has 5 N–H and O–H groups in total. The number of thiazole rings is 2. The number of carbonyl (C=O) groups excluding carboxylic acids is 5. The molecule has 3 aromatic carbocycles. The van der Waals surface area contributed by atoms with Gasteiger partial charge in [0.1, 0.15) is 23.6 Å². The van der Waals surface area contributed by atoms with Gasteiger partial charge in [-0.25, -0.2) is 28.1 Å². The van der Waals surface area contributed by atoms with Crippen molar-refractivity contribution >= 4 is 83.4 Å². The van der Waals surface area contributed by atoms with E-state index in [9.17, 15) is 37.5 Å². The lowest BCUT2D eigenvalue weighted by Crippen LogP contribution is -2.57. The quantitative estimate of drug-likeness (QED) is 0.0474. The van der Waals surface area contributed by atoms with Crippen molar-refractivity contribution in [2.75, 3.05) is 29.1 Å². The minimum absolute atomic E-state index is 0.00591. The van der Waals surface area contributed by atoms with Gasteiger partial charge in [0.25, 0.3) is 11.8 Å². The Morgan fingerprint density at radius 3 is 2.38 bits per heavy atom. The zero-order chi connectivity index (χ0) is 59.5. The number of sulfonamides is 1. The van der Waals surface area contributed by atoms with Crippen LogP contribution >= 0.6 is 22.7 Å². The maximum atomic E-state index is 14.5. The van der Waals surface area contributed by atoms with Crippen molar-refractivity contribution < 1.29 is 37.5 Å². The molecule has 0 bridgehead atoms. The highest BCUT2D eigenvalue weighted by Gasteiger charge is 2.45. The minimum atomic E-state index is -4.29. The molecule has 84 heavy (non-hydrogen) atoms. The van der Waals surface area contributed by atoms with E-state index < -0.39 is 69.0 Å². The second-order valence-corrected chi connectivity index (χ2v) is 27.3. The van der Waals surface area contributed by atoms with Crippen LogP contribution in [-0.4, -0.2) is 110 Å². The molecule has 1 saturated heterocycles. The molecule has 0 radical (unpaired) electrons. The SMILES string of the molecule is Cc1ncsc1-c1ccc([C@H](C)NC(=O)[C@@H]2C[C@@H](O)CN2C(=O)[C@@H](NC(=O)CCCCS(=O)(=O)NC(=O)c2nc(N3CCc4cccc(C(=O)Nc5nc6ccccc6s5)c4C3)ccc2-c2cnn(CC3CCCCC3)c2C)C(C)(C)C)cc1. The Balaban J connectivity index is 0.790. The molecule has 4 aromatic heterocycles. The summed E-state index contributed by atoms with van der Waals surface area (Å²) in [7, 11) is -4.29. The molecular weight excluding hydrogens is 1120 g/mol. The van der Waals surface area contributed by atoms with Gasteiger partial charge in [-0.3, -0.25) is 34.0 Å². The number of likely N-dealkylation sites (tertiary alicyclic amines) is 1. The number of β-amino-alcohol motifs (C(OH)–C–C–N with tert-alkyl or cyclic N) is 1. The number of hydrogen-bond acceptors (Lipinski definition) is 15. The van der Waals surface area contributed by atoms with Crippen LogP contribution in [0, 0.1) is 25.2 Å². The first-order valence-electron chi connectivity index (χ1n) is 28.9. The molecule has 22 heteroatoms. The van der Waals surface area contributed by atoms with Crippen LogP contribution in [0.25, 0.3) is 31.8 Å². The monoisotopic (exact) mass is 1200 g/mol. The highest BCUT2D eigenvalue weighted by molar-refractivity contribution is 7.90. The average molecular weight is 1200 g/mol. The van der Waals surface area contributed by atoms with Gasteiger partial charge in [0.15, 0.2) is 5.13 Å². The second-order valence-electron chi connectivity index (χ2n) is 23.5. The van der Waals surface area contributed by atoms with Crippen LogP contribution < -0.4 is 25.6 Å². The van der Waals surface area contributed by atoms with E-state index in [-0.39, 0.29) is 43.8 Å². The summed E-state index contributed by atoms with van der Waals surface area (Å²) in [6.45, 7) is 12.6. The van der Waals surface area contributed by atoms with Gasteiger partial charge in [0.2, 0.25) is 27.7 Å². The Morgan fingerprint density at radius 2 is 1.64 bits per heavy atom. The topological polar surface area (TPSA) is 251 Å². The Labute approximate surface area is 498 Å². The minimum Gasteiger partial charge on any atom is -0.391 e. The summed E-state index contributed by atoms with van der Waals surface area (Å²) in [5.74, 6) is -2.24. The van der Waals surface area contributed by atoms with Gasteiger partial charge in [0, 0.05) is 61.4 Å². The third kappa shape index (κ3) is 13.7. The van der Waals surface area contributed by atoms with Gasteiger partial charge >= 0.3 is 0 Å². The lowest BCUT2D eigenvalue weighted by Gasteiger charge is -2.35. The molecule has 3 aliphatic rings. The summed E-state index contributed by atoms with van der Waals surface area (Å²) >= 11 is 2.95. The Hall–Kier alpha value is -7.40. The van der Waals surface area contributed by atoms with Crippen LogP contribution in [0.3, 0.4) is 0 Å². The number of amides is 5. The summed E-state index contributed by atoms with van der Waals surface area (Å²) < 4.78 is 32.9.